The smallest absolute Gasteiger partial charge is 0.215 e. The Bertz CT molecular complexity index is 586. The molecule has 0 amide bonds. The van der Waals surface area contributed by atoms with Crippen molar-refractivity contribution in [1.82, 2.24) is 5.43 Å². The van der Waals surface area contributed by atoms with E-state index in [0.717, 1.165) is 5.69 Å². The van der Waals surface area contributed by atoms with E-state index in [-0.39, 0.29) is 5.82 Å². The molecule has 0 atom stereocenters. The Labute approximate surface area is 124 Å². The molecule has 0 bridgehead atoms. The second-order valence-corrected chi connectivity index (χ2v) is 4.85. The van der Waals surface area contributed by atoms with Crippen LogP contribution in [0.1, 0.15) is 0 Å². The molecule has 0 unspecified atom stereocenters. The van der Waals surface area contributed by atoms with Gasteiger partial charge in [-0.15, -0.1) is 0 Å². The van der Waals surface area contributed by atoms with E-state index < -0.39 is 0 Å². The molecule has 0 saturated heterocycles. The second kappa shape index (κ2) is 6.48. The molecule has 0 aromatic heterocycles. The Morgan fingerprint density at radius 3 is 2.53 bits per heavy atom. The summed E-state index contributed by atoms with van der Waals surface area (Å²) in [4.78, 5) is 4.31. The van der Waals surface area contributed by atoms with Gasteiger partial charge in [0.2, 0.25) is 5.96 Å². The number of hydrazine groups is 1. The van der Waals surface area contributed by atoms with Gasteiger partial charge in [0, 0.05) is 9.26 Å². The first-order valence-electron chi connectivity index (χ1n) is 5.51. The van der Waals surface area contributed by atoms with E-state index in [1.165, 1.54) is 12.1 Å². The second-order valence-electron chi connectivity index (χ2n) is 3.69. The molecule has 4 N–H and O–H groups in total. The van der Waals surface area contributed by atoms with Crippen molar-refractivity contribution in [1.29, 1.82) is 0 Å². The van der Waals surface area contributed by atoms with Gasteiger partial charge in [-0.2, -0.15) is 0 Å². The number of guanidine groups is 1. The molecule has 6 heteroatoms. The van der Waals surface area contributed by atoms with Gasteiger partial charge in [0.15, 0.2) is 0 Å². The van der Waals surface area contributed by atoms with Gasteiger partial charge in [0.1, 0.15) is 5.82 Å². The monoisotopic (exact) mass is 370 g/mol. The molecule has 2 aromatic rings. The third-order valence-corrected chi connectivity index (χ3v) is 3.18. The van der Waals surface area contributed by atoms with Crippen LogP contribution >= 0.6 is 22.6 Å². The Morgan fingerprint density at radius 2 is 1.89 bits per heavy atom. The van der Waals surface area contributed by atoms with Crippen molar-refractivity contribution in [2.45, 2.75) is 0 Å². The molecule has 2 aromatic carbocycles. The van der Waals surface area contributed by atoms with Crippen LogP contribution in [0.4, 0.5) is 15.8 Å². The van der Waals surface area contributed by atoms with Gasteiger partial charge < -0.3 is 5.32 Å². The van der Waals surface area contributed by atoms with Crippen LogP contribution in [0.15, 0.2) is 53.5 Å². The van der Waals surface area contributed by atoms with Gasteiger partial charge in [0.25, 0.3) is 0 Å². The number of aliphatic imine (C=N–C) groups is 1. The first kappa shape index (κ1) is 13.8. The van der Waals surface area contributed by atoms with Gasteiger partial charge in [-0.3, -0.25) is 5.43 Å². The molecular weight excluding hydrogens is 358 g/mol. The van der Waals surface area contributed by atoms with Crippen LogP contribution in [0.3, 0.4) is 0 Å². The number of hydrogen-bond donors (Lipinski definition) is 3. The van der Waals surface area contributed by atoms with Gasteiger partial charge in [0.05, 0.1) is 5.69 Å². The first-order chi connectivity index (χ1) is 9.19. The lowest BCUT2D eigenvalue weighted by Gasteiger charge is -2.09. The van der Waals surface area contributed by atoms with Crippen molar-refractivity contribution in [2.75, 3.05) is 5.32 Å². The van der Waals surface area contributed by atoms with E-state index in [4.69, 9.17) is 5.84 Å². The van der Waals surface area contributed by atoms with Gasteiger partial charge in [-0.1, -0.05) is 18.2 Å². The molecule has 4 nitrogen and oxygen atoms in total. The molecule has 0 radical (unpaired) electrons. The summed E-state index contributed by atoms with van der Waals surface area (Å²) < 4.78 is 13.7. The maximum atomic E-state index is 13.0. The number of hydrogen-bond acceptors (Lipinski definition) is 2. The molecule has 0 aliphatic carbocycles. The highest BCUT2D eigenvalue weighted by Gasteiger charge is 2.03. The maximum Gasteiger partial charge on any atom is 0.215 e. The minimum atomic E-state index is -0.290. The standard InChI is InChI=1S/C13H12FIN4/c14-9-6-7-12(11(15)8-9)18-13(19-16)17-10-4-2-1-3-5-10/h1-8H,16H2,(H2,17,18,19). The minimum absolute atomic E-state index is 0.290. The summed E-state index contributed by atoms with van der Waals surface area (Å²) in [5.74, 6) is 5.52. The van der Waals surface area contributed by atoms with E-state index in [9.17, 15) is 4.39 Å². The zero-order valence-electron chi connectivity index (χ0n) is 9.90. The van der Waals surface area contributed by atoms with Crippen molar-refractivity contribution >= 4 is 39.9 Å². The fourth-order valence-corrected chi connectivity index (χ4v) is 2.04. The number of para-hydroxylation sites is 1. The molecule has 0 heterocycles. The van der Waals surface area contributed by atoms with Gasteiger partial charge in [-0.25, -0.2) is 15.2 Å². The Kier molecular flexibility index (Phi) is 4.69. The summed E-state index contributed by atoms with van der Waals surface area (Å²) in [6.45, 7) is 0. The summed E-state index contributed by atoms with van der Waals surface area (Å²) in [5.41, 5.74) is 3.98. The molecule has 19 heavy (non-hydrogen) atoms. The lowest BCUT2D eigenvalue weighted by Crippen LogP contribution is -2.36. The summed E-state index contributed by atoms with van der Waals surface area (Å²) in [6.07, 6.45) is 0. The third-order valence-electron chi connectivity index (χ3n) is 2.32. The lowest BCUT2D eigenvalue weighted by molar-refractivity contribution is 0.627. The topological polar surface area (TPSA) is 62.4 Å². The van der Waals surface area contributed by atoms with Crippen LogP contribution in [0, 0.1) is 9.39 Å². The van der Waals surface area contributed by atoms with Crippen molar-refractivity contribution in [3.63, 3.8) is 0 Å². The first-order valence-corrected chi connectivity index (χ1v) is 6.59. The number of nitrogens with zero attached hydrogens (tertiary/aromatic N) is 1. The Morgan fingerprint density at radius 1 is 1.16 bits per heavy atom. The number of anilines is 1. The molecule has 0 saturated carbocycles. The van der Waals surface area contributed by atoms with E-state index in [2.05, 4.69) is 15.7 Å². The largest absolute Gasteiger partial charge is 0.325 e. The molecule has 98 valence electrons. The maximum absolute atomic E-state index is 13.0. The zero-order valence-corrected chi connectivity index (χ0v) is 12.1. The van der Waals surface area contributed by atoms with E-state index >= 15 is 0 Å². The average Bonchev–Trinajstić information content (AvgIpc) is 2.42. The average molecular weight is 370 g/mol. The van der Waals surface area contributed by atoms with E-state index in [1.807, 2.05) is 52.9 Å². The van der Waals surface area contributed by atoms with Gasteiger partial charge in [-0.05, 0) is 52.9 Å². The summed E-state index contributed by atoms with van der Waals surface area (Å²) in [7, 11) is 0. The van der Waals surface area contributed by atoms with Crippen molar-refractivity contribution in [3.05, 3.63) is 57.9 Å². The van der Waals surface area contributed by atoms with Crippen LogP contribution in [-0.2, 0) is 0 Å². The lowest BCUT2D eigenvalue weighted by atomic mass is 10.3. The van der Waals surface area contributed by atoms with Crippen LogP contribution < -0.4 is 16.6 Å². The highest BCUT2D eigenvalue weighted by molar-refractivity contribution is 14.1. The summed E-state index contributed by atoms with van der Waals surface area (Å²) in [5, 5.41) is 3.04. The Balaban J connectivity index is 2.23. The fraction of sp³-hybridized carbons (Fsp3) is 0. The number of nitrogens with one attached hydrogen (secondary N) is 2. The quantitative estimate of drug-likeness (QED) is 0.250. The number of rotatable bonds is 2. The molecule has 0 aliphatic heterocycles. The zero-order chi connectivity index (χ0) is 13.7. The van der Waals surface area contributed by atoms with Crippen LogP contribution in [-0.4, -0.2) is 5.96 Å². The van der Waals surface area contributed by atoms with Crippen molar-refractivity contribution in [2.24, 2.45) is 10.8 Å². The minimum Gasteiger partial charge on any atom is -0.325 e. The van der Waals surface area contributed by atoms with Crippen LogP contribution in [0.5, 0.6) is 0 Å². The predicted molar refractivity (Wildman–Crippen MR) is 83.6 cm³/mol. The highest BCUT2D eigenvalue weighted by atomic mass is 127. The van der Waals surface area contributed by atoms with E-state index in [0.29, 0.717) is 15.2 Å². The molecule has 2 rings (SSSR count). The predicted octanol–water partition coefficient (Wildman–Crippen LogP) is 2.99. The molecule has 0 aliphatic rings. The van der Waals surface area contributed by atoms with Crippen LogP contribution in [0.2, 0.25) is 0 Å². The van der Waals surface area contributed by atoms with E-state index in [1.54, 1.807) is 6.07 Å². The molecular formula is C13H12FIN4. The van der Waals surface area contributed by atoms with Crippen molar-refractivity contribution in [3.8, 4) is 0 Å². The summed E-state index contributed by atoms with van der Waals surface area (Å²) >= 11 is 2.02. The molecule has 0 fully saturated rings. The normalized spacial score (nSPS) is 11.2. The Hall–Kier alpha value is -1.67. The van der Waals surface area contributed by atoms with Gasteiger partial charge >= 0.3 is 0 Å². The number of benzene rings is 2. The van der Waals surface area contributed by atoms with Crippen LogP contribution in [0.25, 0.3) is 0 Å². The highest BCUT2D eigenvalue weighted by Crippen LogP contribution is 2.22. The molecule has 0 spiro atoms. The van der Waals surface area contributed by atoms with Crippen molar-refractivity contribution < 1.29 is 4.39 Å². The SMILES string of the molecule is NNC(=Nc1ccc(F)cc1I)Nc1ccccc1. The fourth-order valence-electron chi connectivity index (χ4n) is 1.45. The third kappa shape index (κ3) is 3.90. The number of halogens is 2. The number of nitrogens with two attached hydrogens (primary N) is 1. The summed E-state index contributed by atoms with van der Waals surface area (Å²) in [6, 6.07) is 13.9.